The first-order chi connectivity index (χ1) is 16.4. The van der Waals surface area contributed by atoms with Crippen LogP contribution in [0.5, 0.6) is 0 Å². The van der Waals surface area contributed by atoms with Gasteiger partial charge in [-0.1, -0.05) is 29.8 Å². The lowest BCUT2D eigenvalue weighted by molar-refractivity contribution is 0.00282. The monoisotopic (exact) mass is 526 g/mol. The van der Waals surface area contributed by atoms with Gasteiger partial charge in [0.25, 0.3) is 5.56 Å². The van der Waals surface area contributed by atoms with Crippen molar-refractivity contribution in [1.29, 1.82) is 0 Å². The minimum Gasteiger partial charge on any atom is -0.456 e. The summed E-state index contributed by atoms with van der Waals surface area (Å²) in [6.07, 6.45) is 3.04. The fraction of sp³-hybridized carbons (Fsp3) is 0.520. The third kappa shape index (κ3) is 2.95. The number of benzene rings is 1. The van der Waals surface area contributed by atoms with Crippen molar-refractivity contribution in [2.75, 3.05) is 0 Å². The Kier molecular flexibility index (Phi) is 5.09. The van der Waals surface area contributed by atoms with Gasteiger partial charge in [0, 0.05) is 23.5 Å². The molecule has 6 rings (SSSR count). The standard InChI is InChI=1S/C25H27BrN4O4/c1-3-9-28-22-18(23(31)29(10-4-2)25(28)33)27-21-17-12-14-11-16(17)19(30(21)22)20(14)34-24(32)13-5-7-15(26)8-6-13/h5-8,14,16-17,19-20H,3-4,9-12H2,1-2H3/t14-,16+,17-,19-,20-/m0/s1. The van der Waals surface area contributed by atoms with Crippen molar-refractivity contribution in [2.24, 2.45) is 11.8 Å². The predicted octanol–water partition coefficient (Wildman–Crippen LogP) is 3.85. The molecule has 0 saturated heterocycles. The average molecular weight is 527 g/mol. The largest absolute Gasteiger partial charge is 0.456 e. The first-order valence-electron chi connectivity index (χ1n) is 12.2. The highest BCUT2D eigenvalue weighted by Gasteiger charge is 2.62. The Morgan fingerprint density at radius 1 is 1.09 bits per heavy atom. The number of esters is 1. The number of hydrogen-bond acceptors (Lipinski definition) is 5. The predicted molar refractivity (Wildman–Crippen MR) is 130 cm³/mol. The number of carbonyl (C=O) groups is 1. The topological polar surface area (TPSA) is 88.1 Å². The molecule has 5 atom stereocenters. The van der Waals surface area contributed by atoms with Gasteiger partial charge in [0.2, 0.25) is 0 Å². The summed E-state index contributed by atoms with van der Waals surface area (Å²) in [5, 5.41) is 0. The molecular weight excluding hydrogens is 500 g/mol. The first-order valence-corrected chi connectivity index (χ1v) is 13.0. The van der Waals surface area contributed by atoms with Crippen LogP contribution in [-0.2, 0) is 17.8 Å². The van der Waals surface area contributed by atoms with Crippen molar-refractivity contribution in [1.82, 2.24) is 18.7 Å². The number of aromatic nitrogens is 4. The molecule has 2 saturated carbocycles. The number of nitrogens with zero attached hydrogens (tertiary/aromatic N) is 4. The van der Waals surface area contributed by atoms with E-state index in [0.29, 0.717) is 42.2 Å². The third-order valence-electron chi connectivity index (χ3n) is 7.81. The van der Waals surface area contributed by atoms with E-state index in [2.05, 4.69) is 20.5 Å². The molecule has 1 aliphatic heterocycles. The Bertz CT molecular complexity index is 1420. The summed E-state index contributed by atoms with van der Waals surface area (Å²) in [6, 6.07) is 7.07. The van der Waals surface area contributed by atoms with E-state index < -0.39 is 0 Å². The van der Waals surface area contributed by atoms with E-state index in [-0.39, 0.29) is 41.2 Å². The molecule has 0 unspecified atom stereocenters. The molecular formula is C25H27BrN4O4. The summed E-state index contributed by atoms with van der Waals surface area (Å²) in [5.41, 5.74) is 0.889. The SMILES string of the molecule is CCCn1c(=O)c2nc3n(c2n(CCC)c1=O)[C@H]1[C@@H]2C[C@@H](C[C@H]32)[C@@H]1OC(=O)c1ccc(Br)cc1. The van der Waals surface area contributed by atoms with Gasteiger partial charge in [0.1, 0.15) is 11.9 Å². The van der Waals surface area contributed by atoms with Crippen molar-refractivity contribution in [3.05, 3.63) is 61.0 Å². The van der Waals surface area contributed by atoms with E-state index >= 15 is 0 Å². The van der Waals surface area contributed by atoms with E-state index in [9.17, 15) is 14.4 Å². The van der Waals surface area contributed by atoms with Crippen molar-refractivity contribution in [2.45, 2.75) is 70.7 Å². The molecule has 0 N–H and O–H groups in total. The van der Waals surface area contributed by atoms with Crippen molar-refractivity contribution in [3.63, 3.8) is 0 Å². The summed E-state index contributed by atoms with van der Waals surface area (Å²) < 4.78 is 12.2. The fourth-order valence-electron chi connectivity index (χ4n) is 6.55. The molecule has 2 aliphatic carbocycles. The second kappa shape index (κ2) is 7.93. The lowest BCUT2D eigenvalue weighted by Crippen LogP contribution is -2.41. The molecule has 1 aromatic carbocycles. The van der Waals surface area contributed by atoms with Crippen molar-refractivity contribution >= 4 is 33.1 Å². The quantitative estimate of drug-likeness (QED) is 0.455. The van der Waals surface area contributed by atoms with Crippen LogP contribution in [0.1, 0.15) is 67.7 Å². The van der Waals surface area contributed by atoms with Crippen LogP contribution >= 0.6 is 15.9 Å². The first kappa shape index (κ1) is 21.8. The van der Waals surface area contributed by atoms with Gasteiger partial charge >= 0.3 is 11.7 Å². The zero-order chi connectivity index (χ0) is 23.7. The van der Waals surface area contributed by atoms with Gasteiger partial charge in [-0.3, -0.25) is 13.9 Å². The number of imidazole rings is 1. The number of hydrogen-bond donors (Lipinski definition) is 0. The van der Waals surface area contributed by atoms with E-state index in [4.69, 9.17) is 9.72 Å². The zero-order valence-corrected chi connectivity index (χ0v) is 20.8. The van der Waals surface area contributed by atoms with Crippen LogP contribution in [0.25, 0.3) is 11.2 Å². The molecule has 9 heteroatoms. The van der Waals surface area contributed by atoms with Gasteiger partial charge in [-0.15, -0.1) is 0 Å². The van der Waals surface area contributed by atoms with E-state index in [1.807, 2.05) is 26.0 Å². The molecule has 3 aliphatic rings. The van der Waals surface area contributed by atoms with Crippen LogP contribution in [0.15, 0.2) is 38.3 Å². The maximum atomic E-state index is 13.3. The summed E-state index contributed by atoms with van der Waals surface area (Å²) in [4.78, 5) is 44.4. The van der Waals surface area contributed by atoms with Gasteiger partial charge in [-0.05, 0) is 61.8 Å². The molecule has 2 fully saturated rings. The number of aryl methyl sites for hydroxylation is 1. The Morgan fingerprint density at radius 2 is 1.79 bits per heavy atom. The molecule has 178 valence electrons. The second-order valence-electron chi connectivity index (χ2n) is 9.77. The molecule has 2 bridgehead atoms. The normalized spacial score (nSPS) is 26.4. The fourth-order valence-corrected chi connectivity index (χ4v) is 6.82. The molecule has 0 amide bonds. The van der Waals surface area contributed by atoms with Gasteiger partial charge < -0.3 is 9.30 Å². The second-order valence-corrected chi connectivity index (χ2v) is 10.7. The van der Waals surface area contributed by atoms with Crippen LogP contribution in [0.3, 0.4) is 0 Å². The molecule has 2 aromatic heterocycles. The third-order valence-corrected chi connectivity index (χ3v) is 8.34. The van der Waals surface area contributed by atoms with E-state index in [0.717, 1.165) is 29.6 Å². The lowest BCUT2D eigenvalue weighted by Gasteiger charge is -2.29. The molecule has 0 spiro atoms. The van der Waals surface area contributed by atoms with Crippen LogP contribution in [0.2, 0.25) is 0 Å². The number of halogens is 1. The van der Waals surface area contributed by atoms with Crippen LogP contribution < -0.4 is 11.2 Å². The van der Waals surface area contributed by atoms with Crippen molar-refractivity contribution in [3.8, 4) is 0 Å². The number of fused-ring (bicyclic) bond motifs is 6. The summed E-state index contributed by atoms with van der Waals surface area (Å²) in [6.45, 7) is 4.87. The van der Waals surface area contributed by atoms with Crippen molar-refractivity contribution < 1.29 is 9.53 Å². The maximum absolute atomic E-state index is 13.3. The van der Waals surface area contributed by atoms with Gasteiger partial charge in [0.05, 0.1) is 11.6 Å². The highest BCUT2D eigenvalue weighted by molar-refractivity contribution is 9.10. The van der Waals surface area contributed by atoms with Gasteiger partial charge in [-0.25, -0.2) is 14.6 Å². The van der Waals surface area contributed by atoms with Gasteiger partial charge in [-0.2, -0.15) is 0 Å². The molecule has 34 heavy (non-hydrogen) atoms. The number of carbonyl (C=O) groups excluding carboxylic acids is 1. The minimum atomic E-state index is -0.337. The molecule has 3 aromatic rings. The number of ether oxygens (including phenoxy) is 1. The summed E-state index contributed by atoms with van der Waals surface area (Å²) >= 11 is 3.40. The molecule has 8 nitrogen and oxygen atoms in total. The Labute approximate surface area is 204 Å². The zero-order valence-electron chi connectivity index (χ0n) is 19.2. The smallest absolute Gasteiger partial charge is 0.338 e. The van der Waals surface area contributed by atoms with E-state index in [1.165, 1.54) is 4.57 Å². The van der Waals surface area contributed by atoms with Crippen LogP contribution in [0, 0.1) is 11.8 Å². The lowest BCUT2D eigenvalue weighted by atomic mass is 9.86. The molecule has 3 heterocycles. The Hall–Kier alpha value is -2.68. The number of rotatable bonds is 6. The summed E-state index contributed by atoms with van der Waals surface area (Å²) in [5.74, 6) is 1.38. The van der Waals surface area contributed by atoms with Gasteiger partial charge in [0.15, 0.2) is 11.2 Å². The van der Waals surface area contributed by atoms with Crippen LogP contribution in [0.4, 0.5) is 0 Å². The molecule has 0 radical (unpaired) electrons. The summed E-state index contributed by atoms with van der Waals surface area (Å²) in [7, 11) is 0. The Morgan fingerprint density at radius 3 is 2.50 bits per heavy atom. The minimum absolute atomic E-state index is 0.0907. The highest BCUT2D eigenvalue weighted by Crippen LogP contribution is 2.63. The Balaban J connectivity index is 1.47. The maximum Gasteiger partial charge on any atom is 0.338 e. The average Bonchev–Trinajstić information content (AvgIpc) is 3.54. The highest BCUT2D eigenvalue weighted by atomic mass is 79.9. The van der Waals surface area contributed by atoms with E-state index in [1.54, 1.807) is 16.7 Å². The van der Waals surface area contributed by atoms with Crippen LogP contribution in [-0.4, -0.2) is 30.8 Å².